The topological polar surface area (TPSA) is 106 Å². The zero-order valence-corrected chi connectivity index (χ0v) is 20.5. The summed E-state index contributed by atoms with van der Waals surface area (Å²) >= 11 is 4.69. The molecule has 10 heteroatoms. The average molecular weight is 534 g/mol. The van der Waals surface area contributed by atoms with Crippen LogP contribution in [0.15, 0.2) is 40.4 Å². The highest BCUT2D eigenvalue weighted by Gasteiger charge is 2.28. The van der Waals surface area contributed by atoms with Crippen LogP contribution in [-0.4, -0.2) is 37.2 Å². The third-order valence-corrected chi connectivity index (χ3v) is 6.48. The van der Waals surface area contributed by atoms with Crippen molar-refractivity contribution in [3.05, 3.63) is 56.9 Å². The van der Waals surface area contributed by atoms with Crippen molar-refractivity contribution >= 4 is 56.3 Å². The Kier molecular flexibility index (Phi) is 8.79. The maximum absolute atomic E-state index is 12.5. The van der Waals surface area contributed by atoms with Crippen LogP contribution >= 0.6 is 27.3 Å². The number of carbonyl (C=O) groups excluding carboxylic acids is 3. The number of hydrogen-bond donors (Lipinski definition) is 2. The zero-order chi connectivity index (χ0) is 23.8. The predicted octanol–water partition coefficient (Wildman–Crippen LogP) is 4.22. The van der Waals surface area contributed by atoms with Gasteiger partial charge in [0, 0.05) is 14.9 Å². The van der Waals surface area contributed by atoms with Gasteiger partial charge in [0.2, 0.25) is 0 Å². The van der Waals surface area contributed by atoms with E-state index in [1.165, 1.54) is 17.6 Å². The second-order valence-corrected chi connectivity index (χ2v) is 9.09. The molecule has 2 aromatic rings. The third-order valence-electron chi connectivity index (χ3n) is 4.78. The Morgan fingerprint density at radius 3 is 2.79 bits per heavy atom. The van der Waals surface area contributed by atoms with Crippen molar-refractivity contribution in [1.29, 1.82) is 0 Å². The molecule has 1 aliphatic carbocycles. The fraction of sp³-hybridized carbons (Fsp3) is 0.304. The Morgan fingerprint density at radius 1 is 1.24 bits per heavy atom. The van der Waals surface area contributed by atoms with Crippen molar-refractivity contribution in [2.45, 2.75) is 32.6 Å². The fourth-order valence-electron chi connectivity index (χ4n) is 3.34. The molecule has 0 saturated carbocycles. The van der Waals surface area contributed by atoms with Gasteiger partial charge < -0.3 is 14.8 Å². The summed E-state index contributed by atoms with van der Waals surface area (Å²) in [5.41, 5.74) is 4.05. The van der Waals surface area contributed by atoms with E-state index in [0.717, 1.165) is 40.6 Å². The fourth-order valence-corrected chi connectivity index (χ4v) is 5.00. The number of halogens is 1. The Balaban J connectivity index is 1.70. The summed E-state index contributed by atoms with van der Waals surface area (Å²) in [6.07, 6.45) is 6.56. The molecule has 1 aliphatic rings. The molecular weight excluding hydrogens is 510 g/mol. The Bertz CT molecular complexity index is 1100. The van der Waals surface area contributed by atoms with Gasteiger partial charge in [-0.2, -0.15) is 5.10 Å². The molecular formula is C23H24BrN3O5S. The minimum Gasteiger partial charge on any atom is -0.489 e. The lowest BCUT2D eigenvalue weighted by molar-refractivity contribution is -0.136. The van der Waals surface area contributed by atoms with E-state index in [1.54, 1.807) is 25.1 Å². The molecule has 1 aromatic carbocycles. The summed E-state index contributed by atoms with van der Waals surface area (Å²) in [5, 5.41) is 6.75. The van der Waals surface area contributed by atoms with Gasteiger partial charge in [0.25, 0.3) is 0 Å². The number of nitrogens with zero attached hydrogens (tertiary/aromatic N) is 1. The Morgan fingerprint density at radius 2 is 2.03 bits per heavy atom. The van der Waals surface area contributed by atoms with Gasteiger partial charge in [-0.15, -0.1) is 11.3 Å². The molecule has 0 unspecified atom stereocenters. The lowest BCUT2D eigenvalue weighted by Gasteiger charge is -2.12. The van der Waals surface area contributed by atoms with Crippen molar-refractivity contribution < 1.29 is 23.9 Å². The highest BCUT2D eigenvalue weighted by Crippen LogP contribution is 2.38. The van der Waals surface area contributed by atoms with Crippen LogP contribution in [0.5, 0.6) is 5.75 Å². The lowest BCUT2D eigenvalue weighted by Crippen LogP contribution is -2.32. The summed E-state index contributed by atoms with van der Waals surface area (Å²) in [6, 6.07) is 5.32. The van der Waals surface area contributed by atoms with Gasteiger partial charge in [0.15, 0.2) is 0 Å². The van der Waals surface area contributed by atoms with E-state index in [9.17, 15) is 14.4 Å². The van der Waals surface area contributed by atoms with Crippen LogP contribution in [0.3, 0.4) is 0 Å². The third kappa shape index (κ3) is 6.29. The monoisotopic (exact) mass is 533 g/mol. The summed E-state index contributed by atoms with van der Waals surface area (Å²) in [7, 11) is 0. The summed E-state index contributed by atoms with van der Waals surface area (Å²) < 4.78 is 11.5. The largest absolute Gasteiger partial charge is 0.489 e. The number of nitrogens with one attached hydrogen (secondary N) is 2. The molecule has 0 saturated heterocycles. The quantitative estimate of drug-likeness (QED) is 0.174. The molecule has 1 heterocycles. The molecule has 0 radical (unpaired) electrons. The molecule has 3 rings (SSSR count). The Labute approximate surface area is 204 Å². The van der Waals surface area contributed by atoms with Crippen LogP contribution in [0, 0.1) is 0 Å². The van der Waals surface area contributed by atoms with Crippen LogP contribution in [0.4, 0.5) is 5.00 Å². The number of hydrogen-bond acceptors (Lipinski definition) is 7. The number of anilines is 1. The maximum atomic E-state index is 12.5. The van der Waals surface area contributed by atoms with Crippen LogP contribution in [0.1, 0.15) is 46.1 Å². The van der Waals surface area contributed by atoms with Gasteiger partial charge in [-0.25, -0.2) is 10.2 Å². The lowest BCUT2D eigenvalue weighted by atomic mass is 9.95. The van der Waals surface area contributed by atoms with E-state index >= 15 is 0 Å². The molecule has 0 atom stereocenters. The molecule has 0 aliphatic heterocycles. The van der Waals surface area contributed by atoms with E-state index < -0.39 is 17.8 Å². The van der Waals surface area contributed by atoms with E-state index in [4.69, 9.17) is 9.47 Å². The molecule has 33 heavy (non-hydrogen) atoms. The van der Waals surface area contributed by atoms with Crippen molar-refractivity contribution in [2.75, 3.05) is 18.5 Å². The summed E-state index contributed by atoms with van der Waals surface area (Å²) in [4.78, 5) is 38.3. The standard InChI is InChI=1S/C23H24BrN3O5S/c1-3-11-32-17-10-9-15(24)12-14(17)13-25-27-21(29)20(28)26-22-19(23(30)31-4-2)16-7-5-6-8-18(16)33-22/h3,9-10,12-13H,1,4-8,11H2,2H3,(H,26,28)(H,27,29)/b25-13+. The second-order valence-electron chi connectivity index (χ2n) is 7.07. The molecule has 8 nitrogen and oxygen atoms in total. The van der Waals surface area contributed by atoms with E-state index in [2.05, 4.69) is 38.4 Å². The number of benzene rings is 1. The first-order valence-corrected chi connectivity index (χ1v) is 12.0. The minimum absolute atomic E-state index is 0.222. The van der Waals surface area contributed by atoms with Gasteiger partial charge in [0.05, 0.1) is 18.4 Å². The first kappa shape index (κ1) is 24.7. The Hall–Kier alpha value is -2.98. The number of hydrazone groups is 1. The molecule has 2 amide bonds. The minimum atomic E-state index is -0.962. The summed E-state index contributed by atoms with van der Waals surface area (Å²) in [5.74, 6) is -1.83. The van der Waals surface area contributed by atoms with Crippen LogP contribution in [0.25, 0.3) is 0 Å². The van der Waals surface area contributed by atoms with Gasteiger partial charge in [0.1, 0.15) is 17.4 Å². The molecule has 1 aromatic heterocycles. The van der Waals surface area contributed by atoms with Crippen molar-refractivity contribution in [2.24, 2.45) is 5.10 Å². The number of amides is 2. The van der Waals surface area contributed by atoms with Crippen LogP contribution < -0.4 is 15.5 Å². The molecule has 0 bridgehead atoms. The maximum Gasteiger partial charge on any atom is 0.341 e. The molecule has 2 N–H and O–H groups in total. The van der Waals surface area contributed by atoms with Crippen LogP contribution in [0.2, 0.25) is 0 Å². The second kappa shape index (κ2) is 11.8. The number of carbonyl (C=O) groups is 3. The zero-order valence-electron chi connectivity index (χ0n) is 18.1. The first-order chi connectivity index (χ1) is 15.9. The number of aryl methyl sites for hydroxylation is 1. The van der Waals surface area contributed by atoms with Crippen molar-refractivity contribution in [3.63, 3.8) is 0 Å². The molecule has 0 fully saturated rings. The highest BCUT2D eigenvalue weighted by atomic mass is 79.9. The number of ether oxygens (including phenoxy) is 2. The van der Waals surface area contributed by atoms with Gasteiger partial charge >= 0.3 is 17.8 Å². The van der Waals surface area contributed by atoms with E-state index in [-0.39, 0.29) is 6.61 Å². The van der Waals surface area contributed by atoms with Gasteiger partial charge in [-0.05, 0) is 56.4 Å². The van der Waals surface area contributed by atoms with E-state index in [1.807, 2.05) is 6.07 Å². The normalized spacial score (nSPS) is 12.7. The average Bonchev–Trinajstić information content (AvgIpc) is 3.16. The van der Waals surface area contributed by atoms with E-state index in [0.29, 0.717) is 28.5 Å². The SMILES string of the molecule is C=CCOc1ccc(Br)cc1/C=N/NC(=O)C(=O)Nc1sc2c(c1C(=O)OCC)CCCC2. The number of fused-ring (bicyclic) bond motifs is 1. The van der Waals surface area contributed by atoms with Crippen LogP contribution in [-0.2, 0) is 27.2 Å². The number of thiophene rings is 1. The highest BCUT2D eigenvalue weighted by molar-refractivity contribution is 9.10. The smallest absolute Gasteiger partial charge is 0.341 e. The molecule has 174 valence electrons. The van der Waals surface area contributed by atoms with Gasteiger partial charge in [-0.1, -0.05) is 28.6 Å². The predicted molar refractivity (Wildman–Crippen MR) is 131 cm³/mol. The summed E-state index contributed by atoms with van der Waals surface area (Å²) in [6.45, 7) is 5.87. The number of esters is 1. The van der Waals surface area contributed by atoms with Gasteiger partial charge in [-0.3, -0.25) is 9.59 Å². The first-order valence-electron chi connectivity index (χ1n) is 10.4. The molecule has 0 spiro atoms. The number of rotatable bonds is 8. The van der Waals surface area contributed by atoms with Crippen molar-refractivity contribution in [1.82, 2.24) is 5.43 Å². The van der Waals surface area contributed by atoms with Crippen molar-refractivity contribution in [3.8, 4) is 5.75 Å².